The quantitative estimate of drug-likeness (QED) is 0.732. The lowest BCUT2D eigenvalue weighted by Crippen LogP contribution is -2.55. The van der Waals surface area contributed by atoms with E-state index in [9.17, 15) is 4.79 Å². The van der Waals surface area contributed by atoms with E-state index >= 15 is 0 Å². The van der Waals surface area contributed by atoms with Crippen molar-refractivity contribution in [1.82, 2.24) is 9.97 Å². The molecule has 1 aliphatic heterocycles. The summed E-state index contributed by atoms with van der Waals surface area (Å²) in [6, 6.07) is 1.44. The Hall–Kier alpha value is -1.37. The average molecular weight is 272 g/mol. The first-order valence-electron chi connectivity index (χ1n) is 4.44. The van der Waals surface area contributed by atoms with Crippen LogP contribution in [0.5, 0.6) is 0 Å². The first kappa shape index (κ1) is 10.2. The van der Waals surface area contributed by atoms with Crippen molar-refractivity contribution >= 4 is 33.6 Å². The molecule has 2 rings (SSSR count). The molecule has 0 aromatic carbocycles. The number of primary amides is 1. The summed E-state index contributed by atoms with van der Waals surface area (Å²) >= 11 is 3.22. The van der Waals surface area contributed by atoms with Crippen LogP contribution in [-0.4, -0.2) is 28.5 Å². The predicted octanol–water partition coefficient (Wildman–Crippen LogP) is -0.115. The fraction of sp³-hybridized carbons (Fsp3) is 0.375. The Labute approximate surface area is 94.8 Å². The number of halogens is 1. The Bertz CT molecular complexity index is 390. The highest BCUT2D eigenvalue weighted by Gasteiger charge is 2.33. The summed E-state index contributed by atoms with van der Waals surface area (Å²) in [4.78, 5) is 20.8. The van der Waals surface area contributed by atoms with Gasteiger partial charge in [0.05, 0.1) is 0 Å². The van der Waals surface area contributed by atoms with Crippen LogP contribution in [0.4, 0.5) is 11.8 Å². The highest BCUT2D eigenvalue weighted by molar-refractivity contribution is 9.10. The molecule has 0 aliphatic carbocycles. The smallest absolute Gasteiger partial charge is 0.240 e. The van der Waals surface area contributed by atoms with Crippen LogP contribution in [0, 0.1) is 0 Å². The van der Waals surface area contributed by atoms with Crippen molar-refractivity contribution in [2.45, 2.75) is 12.5 Å². The number of nitrogens with two attached hydrogens (primary N) is 2. The number of hydrogen-bond acceptors (Lipinski definition) is 5. The Morgan fingerprint density at radius 1 is 1.60 bits per heavy atom. The van der Waals surface area contributed by atoms with Crippen LogP contribution in [-0.2, 0) is 4.79 Å². The van der Waals surface area contributed by atoms with Crippen LogP contribution in [0.25, 0.3) is 0 Å². The lowest BCUT2D eigenvalue weighted by Gasteiger charge is -2.39. The number of nitrogen functional groups attached to an aromatic ring is 1. The molecule has 1 atom stereocenters. The third-order valence-electron chi connectivity index (χ3n) is 2.34. The van der Waals surface area contributed by atoms with Crippen molar-refractivity contribution in [3.05, 3.63) is 10.7 Å². The number of carbonyl (C=O) groups is 1. The van der Waals surface area contributed by atoms with Gasteiger partial charge in [0.1, 0.15) is 16.5 Å². The predicted molar refractivity (Wildman–Crippen MR) is 59.1 cm³/mol. The standard InChI is InChI=1S/C8H10BrN5O/c9-5-3-6(13-8(11)12-5)14-2-1-4(14)7(10)15/h3-4H,1-2H2,(H2,10,15)(H2,11,12,13). The fourth-order valence-electron chi connectivity index (χ4n) is 1.53. The first-order valence-corrected chi connectivity index (χ1v) is 5.23. The number of rotatable bonds is 2. The topological polar surface area (TPSA) is 98.1 Å². The van der Waals surface area contributed by atoms with Crippen molar-refractivity contribution < 1.29 is 4.79 Å². The van der Waals surface area contributed by atoms with Gasteiger partial charge in [0.15, 0.2) is 0 Å². The summed E-state index contributed by atoms with van der Waals surface area (Å²) in [6.45, 7) is 0.760. The molecule has 1 saturated heterocycles. The van der Waals surface area contributed by atoms with Gasteiger partial charge < -0.3 is 16.4 Å². The number of aromatic nitrogens is 2. The molecule has 1 amide bonds. The largest absolute Gasteiger partial charge is 0.368 e. The summed E-state index contributed by atoms with van der Waals surface area (Å²) in [5.74, 6) is 0.466. The molecule has 1 unspecified atom stereocenters. The van der Waals surface area contributed by atoms with Crippen molar-refractivity contribution in [3.63, 3.8) is 0 Å². The van der Waals surface area contributed by atoms with Crippen LogP contribution in [0.2, 0.25) is 0 Å². The molecule has 1 aliphatic rings. The maximum atomic E-state index is 11.0. The zero-order chi connectivity index (χ0) is 11.0. The van der Waals surface area contributed by atoms with E-state index in [0.29, 0.717) is 10.4 Å². The molecule has 15 heavy (non-hydrogen) atoms. The molecule has 80 valence electrons. The van der Waals surface area contributed by atoms with Crippen molar-refractivity contribution in [2.75, 3.05) is 17.2 Å². The van der Waals surface area contributed by atoms with Gasteiger partial charge in [-0.15, -0.1) is 0 Å². The van der Waals surface area contributed by atoms with Gasteiger partial charge in [-0.2, -0.15) is 4.98 Å². The minimum Gasteiger partial charge on any atom is -0.368 e. The second kappa shape index (κ2) is 3.65. The van der Waals surface area contributed by atoms with Crippen LogP contribution < -0.4 is 16.4 Å². The second-order valence-electron chi connectivity index (χ2n) is 3.31. The summed E-state index contributed by atoms with van der Waals surface area (Å²) in [5, 5.41) is 0. The zero-order valence-corrected chi connectivity index (χ0v) is 9.44. The first-order chi connectivity index (χ1) is 7.08. The Kier molecular flexibility index (Phi) is 2.47. The van der Waals surface area contributed by atoms with Crippen LogP contribution in [0.1, 0.15) is 6.42 Å². The van der Waals surface area contributed by atoms with Gasteiger partial charge in [-0.3, -0.25) is 4.79 Å². The van der Waals surface area contributed by atoms with E-state index in [1.54, 1.807) is 6.07 Å². The zero-order valence-electron chi connectivity index (χ0n) is 7.85. The molecule has 0 saturated carbocycles. The highest BCUT2D eigenvalue weighted by Crippen LogP contribution is 2.26. The van der Waals surface area contributed by atoms with E-state index < -0.39 is 0 Å². The second-order valence-corrected chi connectivity index (χ2v) is 4.12. The molecule has 1 fully saturated rings. The van der Waals surface area contributed by atoms with Gasteiger partial charge in [0.2, 0.25) is 11.9 Å². The molecule has 4 N–H and O–H groups in total. The number of hydrogen-bond donors (Lipinski definition) is 2. The van der Waals surface area contributed by atoms with E-state index in [0.717, 1.165) is 13.0 Å². The minimum atomic E-state index is -0.338. The van der Waals surface area contributed by atoms with Crippen molar-refractivity contribution in [2.24, 2.45) is 5.73 Å². The molecular weight excluding hydrogens is 262 g/mol. The molecule has 6 nitrogen and oxygen atoms in total. The maximum Gasteiger partial charge on any atom is 0.240 e. The van der Waals surface area contributed by atoms with Gasteiger partial charge in [-0.05, 0) is 22.4 Å². The number of amides is 1. The fourth-order valence-corrected chi connectivity index (χ4v) is 1.91. The molecule has 1 aromatic rings. The van der Waals surface area contributed by atoms with Gasteiger partial charge in [-0.25, -0.2) is 4.98 Å². The van der Waals surface area contributed by atoms with E-state index in [1.165, 1.54) is 0 Å². The number of nitrogens with zero attached hydrogens (tertiary/aromatic N) is 3. The summed E-state index contributed by atoms with van der Waals surface area (Å²) < 4.78 is 0.597. The monoisotopic (exact) mass is 271 g/mol. The van der Waals surface area contributed by atoms with Crippen LogP contribution in [0.15, 0.2) is 10.7 Å². The summed E-state index contributed by atoms with van der Waals surface area (Å²) in [5.41, 5.74) is 10.7. The molecule has 0 radical (unpaired) electrons. The van der Waals surface area contributed by atoms with Gasteiger partial charge in [0, 0.05) is 12.6 Å². The summed E-state index contributed by atoms with van der Waals surface area (Å²) in [7, 11) is 0. The SMILES string of the molecule is NC(=O)C1CCN1c1cc(Br)nc(N)n1. The number of anilines is 2. The van der Waals surface area contributed by atoms with Crippen LogP contribution in [0.3, 0.4) is 0 Å². The third kappa shape index (κ3) is 1.87. The minimum absolute atomic E-state index is 0.175. The molecule has 0 bridgehead atoms. The highest BCUT2D eigenvalue weighted by atomic mass is 79.9. The molecule has 1 aromatic heterocycles. The molecule has 2 heterocycles. The van der Waals surface area contributed by atoms with Crippen LogP contribution >= 0.6 is 15.9 Å². The van der Waals surface area contributed by atoms with Crippen molar-refractivity contribution in [3.8, 4) is 0 Å². The van der Waals surface area contributed by atoms with Crippen molar-refractivity contribution in [1.29, 1.82) is 0 Å². The molecule has 0 spiro atoms. The summed E-state index contributed by atoms with van der Waals surface area (Å²) in [6.07, 6.45) is 0.761. The van der Waals surface area contributed by atoms with E-state index in [2.05, 4.69) is 25.9 Å². The Morgan fingerprint density at radius 3 is 2.80 bits per heavy atom. The maximum absolute atomic E-state index is 11.0. The third-order valence-corrected chi connectivity index (χ3v) is 2.75. The Balaban J connectivity index is 2.26. The lowest BCUT2D eigenvalue weighted by molar-refractivity contribution is -0.120. The van der Waals surface area contributed by atoms with E-state index in [4.69, 9.17) is 11.5 Å². The van der Waals surface area contributed by atoms with E-state index in [-0.39, 0.29) is 17.9 Å². The number of carbonyl (C=O) groups excluding carboxylic acids is 1. The van der Waals surface area contributed by atoms with Gasteiger partial charge in [-0.1, -0.05) is 0 Å². The lowest BCUT2D eigenvalue weighted by atomic mass is 10.0. The normalized spacial score (nSPS) is 19.8. The van der Waals surface area contributed by atoms with Gasteiger partial charge in [0.25, 0.3) is 0 Å². The Morgan fingerprint density at radius 2 is 2.33 bits per heavy atom. The average Bonchev–Trinajstić information content (AvgIpc) is 1.97. The van der Waals surface area contributed by atoms with Gasteiger partial charge >= 0.3 is 0 Å². The molecular formula is C8H10BrN5O. The molecule has 7 heteroatoms. The van der Waals surface area contributed by atoms with E-state index in [1.807, 2.05) is 4.90 Å².